The fourth-order valence-corrected chi connectivity index (χ4v) is 0.565. The van der Waals surface area contributed by atoms with Crippen molar-refractivity contribution in [1.29, 1.82) is 0 Å². The topological polar surface area (TPSA) is 15.3 Å². The zero-order valence-corrected chi connectivity index (χ0v) is 4.66. The molecule has 1 heterocycles. The van der Waals surface area contributed by atoms with Crippen LogP contribution in [0.15, 0.2) is 11.2 Å². The predicted octanol–water partition coefficient (Wildman–Crippen LogP) is 0.555. The average Bonchev–Trinajstić information content (AvgIpc) is 1.87. The van der Waals surface area contributed by atoms with Crippen molar-refractivity contribution in [1.82, 2.24) is 10.4 Å². The lowest BCUT2D eigenvalue weighted by atomic mass is 10.6. The number of nitrogens with one attached hydrogen (secondary N) is 1. The maximum atomic E-state index is 5.45. The summed E-state index contributed by atoms with van der Waals surface area (Å²) in [5.74, 6) is 0. The Balaban J connectivity index is 2.50. The van der Waals surface area contributed by atoms with Gasteiger partial charge in [-0.15, -0.1) is 0 Å². The van der Waals surface area contributed by atoms with E-state index in [9.17, 15) is 0 Å². The summed E-state index contributed by atoms with van der Waals surface area (Å²) < 4.78 is 0. The minimum absolute atomic E-state index is 0.613. The molecule has 0 unspecified atom stereocenters. The van der Waals surface area contributed by atoms with Crippen LogP contribution in [0.5, 0.6) is 0 Å². The molecule has 0 aromatic rings. The Hall–Kier alpha value is -0.210. The second-order valence-electron chi connectivity index (χ2n) is 1.32. The molecule has 0 atom stereocenters. The van der Waals surface area contributed by atoms with Crippen LogP contribution in [0.2, 0.25) is 0 Å². The first kappa shape index (κ1) is 4.94. The van der Waals surface area contributed by atoms with Crippen LogP contribution in [-0.2, 0) is 0 Å². The van der Waals surface area contributed by atoms with Crippen molar-refractivity contribution in [3.63, 3.8) is 0 Å². The van der Waals surface area contributed by atoms with Crippen molar-refractivity contribution < 1.29 is 0 Å². The Bertz CT molecular complexity index is 99.9. The number of hydrazine groups is 1. The van der Waals surface area contributed by atoms with E-state index in [1.165, 1.54) is 0 Å². The quantitative estimate of drug-likeness (QED) is 0.498. The third-order valence-electron chi connectivity index (χ3n) is 0.659. The summed E-state index contributed by atoms with van der Waals surface area (Å²) in [6.07, 6.45) is 1.74. The normalized spacial score (nSPS) is 20.3. The minimum atomic E-state index is 0.613. The summed E-state index contributed by atoms with van der Waals surface area (Å²) in [5.41, 5.74) is 2.73. The van der Waals surface area contributed by atoms with Gasteiger partial charge in [0.1, 0.15) is 6.54 Å². The molecule has 0 spiro atoms. The lowest BCUT2D eigenvalue weighted by Crippen LogP contribution is -2.20. The van der Waals surface area contributed by atoms with Crippen LogP contribution >= 0.6 is 11.6 Å². The molecule has 0 bridgehead atoms. The molecule has 2 radical (unpaired) electrons. The fraction of sp³-hybridized carbons (Fsp3) is 0.250. The van der Waals surface area contributed by atoms with Gasteiger partial charge in [0.05, 0.1) is 5.03 Å². The SMILES string of the molecule is CN1C=C(Cl)[C]N1. The smallest absolute Gasteiger partial charge is 0.129 e. The van der Waals surface area contributed by atoms with Gasteiger partial charge in [0, 0.05) is 13.2 Å². The van der Waals surface area contributed by atoms with Crippen molar-refractivity contribution >= 4 is 11.6 Å². The van der Waals surface area contributed by atoms with Crippen molar-refractivity contribution in [2.24, 2.45) is 0 Å². The molecule has 38 valence electrons. The van der Waals surface area contributed by atoms with Crippen LogP contribution in [0.1, 0.15) is 0 Å². The molecule has 1 rings (SSSR count). The fourth-order valence-electron chi connectivity index (χ4n) is 0.376. The molecule has 0 saturated carbocycles. The van der Waals surface area contributed by atoms with Gasteiger partial charge in [-0.3, -0.25) is 0 Å². The summed E-state index contributed by atoms with van der Waals surface area (Å²) >= 11 is 5.45. The first-order valence-corrected chi connectivity index (χ1v) is 2.28. The molecule has 0 aromatic heterocycles. The first-order valence-electron chi connectivity index (χ1n) is 1.91. The molecule has 1 aliphatic heterocycles. The highest BCUT2D eigenvalue weighted by Crippen LogP contribution is 2.08. The van der Waals surface area contributed by atoms with Crippen LogP contribution in [0.4, 0.5) is 0 Å². The van der Waals surface area contributed by atoms with Gasteiger partial charge in [0.15, 0.2) is 0 Å². The second-order valence-corrected chi connectivity index (χ2v) is 1.73. The lowest BCUT2D eigenvalue weighted by molar-refractivity contribution is 0.395. The van der Waals surface area contributed by atoms with Crippen LogP contribution in [0, 0.1) is 6.54 Å². The Morgan fingerprint density at radius 3 is 2.86 bits per heavy atom. The largest absolute Gasteiger partial charge is 0.316 e. The molecular weight excluding hydrogens is 112 g/mol. The Morgan fingerprint density at radius 2 is 2.71 bits per heavy atom. The Labute approximate surface area is 47.7 Å². The predicted molar refractivity (Wildman–Crippen MR) is 28.1 cm³/mol. The van der Waals surface area contributed by atoms with Crippen LogP contribution in [0.3, 0.4) is 0 Å². The van der Waals surface area contributed by atoms with E-state index in [4.69, 9.17) is 11.6 Å². The minimum Gasteiger partial charge on any atom is -0.316 e. The molecule has 0 amide bonds. The van der Waals surface area contributed by atoms with Gasteiger partial charge in [-0.1, -0.05) is 11.6 Å². The molecule has 3 heteroatoms. The molecule has 0 fully saturated rings. The summed E-state index contributed by atoms with van der Waals surface area (Å²) in [4.78, 5) is 0. The summed E-state index contributed by atoms with van der Waals surface area (Å²) in [6, 6.07) is 0. The van der Waals surface area contributed by atoms with Crippen molar-refractivity contribution in [3.05, 3.63) is 17.8 Å². The highest BCUT2D eigenvalue weighted by molar-refractivity contribution is 6.30. The molecule has 0 aromatic carbocycles. The van der Waals surface area contributed by atoms with Crippen LogP contribution in [0.25, 0.3) is 0 Å². The van der Waals surface area contributed by atoms with Gasteiger partial charge in [-0.25, -0.2) is 5.43 Å². The van der Waals surface area contributed by atoms with E-state index < -0.39 is 0 Å². The van der Waals surface area contributed by atoms with Crippen molar-refractivity contribution in [2.75, 3.05) is 7.05 Å². The monoisotopic (exact) mass is 116 g/mol. The third-order valence-corrected chi connectivity index (χ3v) is 0.851. The van der Waals surface area contributed by atoms with Gasteiger partial charge in [-0.05, 0) is 0 Å². The van der Waals surface area contributed by atoms with E-state index in [1.54, 1.807) is 11.2 Å². The van der Waals surface area contributed by atoms with Crippen LogP contribution in [-0.4, -0.2) is 12.1 Å². The van der Waals surface area contributed by atoms with Gasteiger partial charge < -0.3 is 5.01 Å². The molecule has 7 heavy (non-hydrogen) atoms. The maximum Gasteiger partial charge on any atom is 0.129 e. The highest BCUT2D eigenvalue weighted by Gasteiger charge is 2.04. The molecule has 0 aliphatic carbocycles. The van der Waals surface area contributed by atoms with E-state index >= 15 is 0 Å². The van der Waals surface area contributed by atoms with E-state index in [-0.39, 0.29) is 0 Å². The van der Waals surface area contributed by atoms with Gasteiger partial charge >= 0.3 is 0 Å². The lowest BCUT2D eigenvalue weighted by Gasteiger charge is -2.03. The number of halogens is 1. The zero-order chi connectivity index (χ0) is 5.28. The first-order chi connectivity index (χ1) is 3.29. The number of hydrogen-bond acceptors (Lipinski definition) is 2. The standard InChI is InChI=1S/C4H5ClN2/c1-7-3-4(5)2-6-7/h3,6H,1H3. The number of rotatable bonds is 0. The van der Waals surface area contributed by atoms with E-state index in [1.807, 2.05) is 7.05 Å². The Morgan fingerprint density at radius 1 is 2.00 bits per heavy atom. The maximum absolute atomic E-state index is 5.45. The molecular formula is C4H5ClN2. The van der Waals surface area contributed by atoms with E-state index in [0.717, 1.165) is 0 Å². The highest BCUT2D eigenvalue weighted by atomic mass is 35.5. The molecule has 0 saturated heterocycles. The van der Waals surface area contributed by atoms with Gasteiger partial charge in [0.2, 0.25) is 0 Å². The average molecular weight is 117 g/mol. The molecule has 1 aliphatic rings. The molecule has 1 N–H and O–H groups in total. The number of hydrogen-bond donors (Lipinski definition) is 1. The zero-order valence-electron chi connectivity index (χ0n) is 3.90. The number of nitrogens with zero attached hydrogens (tertiary/aromatic N) is 1. The van der Waals surface area contributed by atoms with Gasteiger partial charge in [-0.2, -0.15) is 0 Å². The Kier molecular flexibility index (Phi) is 1.21. The van der Waals surface area contributed by atoms with Crippen LogP contribution < -0.4 is 5.43 Å². The van der Waals surface area contributed by atoms with E-state index in [0.29, 0.717) is 5.03 Å². The summed E-state index contributed by atoms with van der Waals surface area (Å²) in [6.45, 7) is 2.67. The second kappa shape index (κ2) is 1.72. The molecule has 2 nitrogen and oxygen atoms in total. The van der Waals surface area contributed by atoms with Crippen molar-refractivity contribution in [3.8, 4) is 0 Å². The summed E-state index contributed by atoms with van der Waals surface area (Å²) in [7, 11) is 1.85. The van der Waals surface area contributed by atoms with Gasteiger partial charge in [0.25, 0.3) is 0 Å². The third kappa shape index (κ3) is 1.08. The summed E-state index contributed by atoms with van der Waals surface area (Å²) in [5, 5.41) is 2.34. The van der Waals surface area contributed by atoms with Crippen molar-refractivity contribution in [2.45, 2.75) is 0 Å². The van der Waals surface area contributed by atoms with E-state index in [2.05, 4.69) is 12.0 Å².